The molecule has 0 bridgehead atoms. The number of hydrogen-bond donors (Lipinski definition) is 2. The van der Waals surface area contributed by atoms with Crippen LogP contribution in [0.15, 0.2) is 24.3 Å². The van der Waals surface area contributed by atoms with E-state index in [0.29, 0.717) is 11.5 Å². The van der Waals surface area contributed by atoms with Gasteiger partial charge in [0.25, 0.3) is 0 Å². The molecule has 0 heterocycles. The normalized spacial score (nSPS) is 12.7. The highest BCUT2D eigenvalue weighted by molar-refractivity contribution is 6.58. The van der Waals surface area contributed by atoms with Crippen molar-refractivity contribution in [3.05, 3.63) is 29.8 Å². The third-order valence-corrected chi connectivity index (χ3v) is 3.65. The minimum atomic E-state index is -1.38. The molecule has 0 radical (unpaired) electrons. The van der Waals surface area contributed by atoms with Crippen LogP contribution in [-0.2, 0) is 6.54 Å². The zero-order chi connectivity index (χ0) is 14.3. The van der Waals surface area contributed by atoms with E-state index < -0.39 is 7.12 Å². The fourth-order valence-electron chi connectivity index (χ4n) is 2.16. The van der Waals surface area contributed by atoms with Crippen LogP contribution in [0.5, 0.6) is 0 Å². The molecule has 1 rings (SSSR count). The minimum absolute atomic E-state index is 0.550. The summed E-state index contributed by atoms with van der Waals surface area (Å²) in [5, 5.41) is 18.4. The number of hydrogen-bond acceptors (Lipinski definition) is 3. The van der Waals surface area contributed by atoms with Crippen molar-refractivity contribution in [2.45, 2.75) is 52.6 Å². The summed E-state index contributed by atoms with van der Waals surface area (Å²) in [6.45, 7) is 8.63. The summed E-state index contributed by atoms with van der Waals surface area (Å²) in [7, 11) is -1.38. The van der Waals surface area contributed by atoms with E-state index in [9.17, 15) is 10.0 Å². The van der Waals surface area contributed by atoms with Crippen LogP contribution in [0.2, 0.25) is 0 Å². The first-order valence-electron chi connectivity index (χ1n) is 7.27. The number of nitrogens with zero attached hydrogens (tertiary/aromatic N) is 1. The first kappa shape index (κ1) is 16.2. The van der Waals surface area contributed by atoms with Gasteiger partial charge in [-0.05, 0) is 37.3 Å². The predicted molar refractivity (Wildman–Crippen MR) is 81.3 cm³/mol. The Kier molecular flexibility index (Phi) is 7.14. The lowest BCUT2D eigenvalue weighted by atomic mass is 9.79. The first-order valence-corrected chi connectivity index (χ1v) is 7.27. The van der Waals surface area contributed by atoms with Crippen LogP contribution in [0.25, 0.3) is 0 Å². The maximum Gasteiger partial charge on any atom is 0.488 e. The van der Waals surface area contributed by atoms with E-state index in [1.807, 2.05) is 18.2 Å². The van der Waals surface area contributed by atoms with Crippen LogP contribution < -0.4 is 5.46 Å². The average molecular weight is 263 g/mol. The van der Waals surface area contributed by atoms with Crippen molar-refractivity contribution in [2.75, 3.05) is 6.54 Å². The summed E-state index contributed by atoms with van der Waals surface area (Å²) in [5.41, 5.74) is 1.71. The zero-order valence-corrected chi connectivity index (χ0v) is 12.3. The van der Waals surface area contributed by atoms with E-state index >= 15 is 0 Å². The summed E-state index contributed by atoms with van der Waals surface area (Å²) in [5.74, 6) is 0. The van der Waals surface area contributed by atoms with Gasteiger partial charge < -0.3 is 10.0 Å². The maximum atomic E-state index is 9.22. The Morgan fingerprint density at radius 3 is 2.58 bits per heavy atom. The third-order valence-electron chi connectivity index (χ3n) is 3.65. The van der Waals surface area contributed by atoms with Gasteiger partial charge in [0, 0.05) is 12.6 Å². The van der Waals surface area contributed by atoms with Crippen molar-refractivity contribution < 1.29 is 10.0 Å². The third kappa shape index (κ3) is 5.35. The smallest absolute Gasteiger partial charge is 0.423 e. The number of unbranched alkanes of at least 4 members (excludes halogenated alkanes) is 1. The van der Waals surface area contributed by atoms with Gasteiger partial charge in [0.05, 0.1) is 0 Å². The SMILES string of the molecule is CCCCN(Cc1cccc(B(O)O)c1)C(C)CC. The van der Waals surface area contributed by atoms with Crippen LogP contribution in [0.3, 0.4) is 0 Å². The molecule has 0 amide bonds. The average Bonchev–Trinajstić information content (AvgIpc) is 2.42. The Morgan fingerprint density at radius 1 is 1.26 bits per heavy atom. The predicted octanol–water partition coefficient (Wildman–Crippen LogP) is 1.77. The van der Waals surface area contributed by atoms with Gasteiger partial charge in [-0.1, -0.05) is 44.5 Å². The lowest BCUT2D eigenvalue weighted by molar-refractivity contribution is 0.192. The molecule has 0 aromatic heterocycles. The van der Waals surface area contributed by atoms with Crippen molar-refractivity contribution in [3.63, 3.8) is 0 Å². The van der Waals surface area contributed by atoms with Gasteiger partial charge in [0.2, 0.25) is 0 Å². The largest absolute Gasteiger partial charge is 0.488 e. The topological polar surface area (TPSA) is 43.7 Å². The molecule has 0 spiro atoms. The van der Waals surface area contributed by atoms with E-state index in [0.717, 1.165) is 25.1 Å². The molecule has 4 heteroatoms. The second-order valence-electron chi connectivity index (χ2n) is 5.20. The Balaban J connectivity index is 2.74. The molecule has 2 N–H and O–H groups in total. The van der Waals surface area contributed by atoms with Gasteiger partial charge in [0.15, 0.2) is 0 Å². The molecule has 0 aliphatic carbocycles. The summed E-state index contributed by atoms with van der Waals surface area (Å²) in [6, 6.07) is 8.11. The van der Waals surface area contributed by atoms with Crippen LogP contribution in [0.4, 0.5) is 0 Å². The van der Waals surface area contributed by atoms with Crippen molar-refractivity contribution in [2.24, 2.45) is 0 Å². The lowest BCUT2D eigenvalue weighted by Gasteiger charge is -2.28. The van der Waals surface area contributed by atoms with E-state index in [4.69, 9.17) is 0 Å². The monoisotopic (exact) mass is 263 g/mol. The molecular formula is C15H26BNO2. The molecule has 0 saturated heterocycles. The number of benzene rings is 1. The molecule has 1 aromatic carbocycles. The van der Waals surface area contributed by atoms with Crippen molar-refractivity contribution in [1.82, 2.24) is 4.90 Å². The van der Waals surface area contributed by atoms with Crippen molar-refractivity contribution in [3.8, 4) is 0 Å². The quantitative estimate of drug-likeness (QED) is 0.702. The molecule has 0 aliphatic rings. The first-order chi connectivity index (χ1) is 9.08. The molecule has 0 saturated carbocycles. The fraction of sp³-hybridized carbons (Fsp3) is 0.600. The highest BCUT2D eigenvalue weighted by Gasteiger charge is 2.14. The molecule has 0 aliphatic heterocycles. The standard InChI is InChI=1S/C15H26BNO2/c1-4-6-10-17(13(3)5-2)12-14-8-7-9-15(11-14)16(18)19/h7-9,11,13,18-19H,4-6,10,12H2,1-3H3. The van der Waals surface area contributed by atoms with Crippen LogP contribution in [-0.4, -0.2) is 34.7 Å². The van der Waals surface area contributed by atoms with Crippen molar-refractivity contribution in [1.29, 1.82) is 0 Å². The van der Waals surface area contributed by atoms with Crippen LogP contribution in [0, 0.1) is 0 Å². The van der Waals surface area contributed by atoms with Crippen molar-refractivity contribution >= 4 is 12.6 Å². The Morgan fingerprint density at radius 2 is 2.00 bits per heavy atom. The van der Waals surface area contributed by atoms with Gasteiger partial charge in [0.1, 0.15) is 0 Å². The molecule has 0 fully saturated rings. The Bertz CT molecular complexity index is 371. The Labute approximate surface area is 117 Å². The minimum Gasteiger partial charge on any atom is -0.423 e. The highest BCUT2D eigenvalue weighted by Crippen LogP contribution is 2.11. The second-order valence-corrected chi connectivity index (χ2v) is 5.20. The van der Waals surface area contributed by atoms with Gasteiger partial charge in [-0.2, -0.15) is 0 Å². The zero-order valence-electron chi connectivity index (χ0n) is 12.3. The summed E-state index contributed by atoms with van der Waals surface area (Å²) < 4.78 is 0. The van der Waals surface area contributed by atoms with Gasteiger partial charge in [-0.3, -0.25) is 4.90 Å². The summed E-state index contributed by atoms with van der Waals surface area (Å²) >= 11 is 0. The molecule has 3 nitrogen and oxygen atoms in total. The lowest BCUT2D eigenvalue weighted by Crippen LogP contribution is -2.34. The van der Waals surface area contributed by atoms with Gasteiger partial charge in [-0.15, -0.1) is 0 Å². The van der Waals surface area contributed by atoms with E-state index in [-0.39, 0.29) is 0 Å². The molecule has 1 unspecified atom stereocenters. The number of rotatable bonds is 8. The highest BCUT2D eigenvalue weighted by atomic mass is 16.4. The fourth-order valence-corrected chi connectivity index (χ4v) is 2.16. The van der Waals surface area contributed by atoms with E-state index in [1.54, 1.807) is 6.07 Å². The van der Waals surface area contributed by atoms with Gasteiger partial charge in [-0.25, -0.2) is 0 Å². The van der Waals surface area contributed by atoms with Gasteiger partial charge >= 0.3 is 7.12 Å². The Hall–Kier alpha value is -0.835. The summed E-state index contributed by atoms with van der Waals surface area (Å²) in [4.78, 5) is 2.46. The summed E-state index contributed by atoms with van der Waals surface area (Å²) in [6.07, 6.45) is 3.53. The molecule has 1 aromatic rings. The van der Waals surface area contributed by atoms with E-state index in [2.05, 4.69) is 25.7 Å². The maximum absolute atomic E-state index is 9.22. The van der Waals surface area contributed by atoms with E-state index in [1.165, 1.54) is 12.8 Å². The molecule has 19 heavy (non-hydrogen) atoms. The molecule has 106 valence electrons. The molecule has 1 atom stereocenters. The molecular weight excluding hydrogens is 237 g/mol. The second kappa shape index (κ2) is 8.36. The van der Waals surface area contributed by atoms with Crippen LogP contribution in [0.1, 0.15) is 45.6 Å². The van der Waals surface area contributed by atoms with Crippen LogP contribution >= 0.6 is 0 Å².